The van der Waals surface area contributed by atoms with E-state index in [0.29, 0.717) is 6.54 Å². The summed E-state index contributed by atoms with van der Waals surface area (Å²) >= 11 is 0. The Balaban J connectivity index is 1.64. The third-order valence-electron chi connectivity index (χ3n) is 3.44. The number of hydrogen-bond acceptors (Lipinski definition) is 4. The Hall–Kier alpha value is -1.60. The number of urea groups is 1. The smallest absolute Gasteiger partial charge is 0.320 e. The van der Waals surface area contributed by atoms with Gasteiger partial charge >= 0.3 is 6.03 Å². The standard InChI is InChI=1S/C14H25N5O2/c1-12(2)19-13(4-6-16-19)17-14(20)15-5-3-7-18-8-10-21-11-9-18/h4,6,12H,3,5,7-11H2,1-2H3,(H2,15,17,20). The molecule has 0 unspecified atom stereocenters. The predicted octanol–water partition coefficient (Wildman–Crippen LogP) is 1.31. The Labute approximate surface area is 125 Å². The molecule has 1 aliphatic rings. The van der Waals surface area contributed by atoms with Crippen molar-refractivity contribution in [3.8, 4) is 0 Å². The number of rotatable bonds is 6. The highest BCUT2D eigenvalue weighted by Crippen LogP contribution is 2.12. The second kappa shape index (κ2) is 7.99. The molecule has 7 nitrogen and oxygen atoms in total. The fourth-order valence-electron chi connectivity index (χ4n) is 2.31. The van der Waals surface area contributed by atoms with Gasteiger partial charge in [0.25, 0.3) is 0 Å². The Morgan fingerprint density at radius 1 is 1.43 bits per heavy atom. The van der Waals surface area contributed by atoms with Gasteiger partial charge in [-0.25, -0.2) is 9.48 Å². The van der Waals surface area contributed by atoms with Crippen LogP contribution in [0.3, 0.4) is 0 Å². The van der Waals surface area contributed by atoms with Crippen LogP contribution in [0.15, 0.2) is 12.3 Å². The summed E-state index contributed by atoms with van der Waals surface area (Å²) in [5.41, 5.74) is 0. The van der Waals surface area contributed by atoms with E-state index in [-0.39, 0.29) is 12.1 Å². The van der Waals surface area contributed by atoms with Gasteiger partial charge in [0.1, 0.15) is 5.82 Å². The molecule has 0 aliphatic carbocycles. The number of hydrogen-bond donors (Lipinski definition) is 2. The molecule has 2 amide bonds. The lowest BCUT2D eigenvalue weighted by Gasteiger charge is -2.26. The van der Waals surface area contributed by atoms with Crippen molar-refractivity contribution in [2.45, 2.75) is 26.3 Å². The van der Waals surface area contributed by atoms with Crippen LogP contribution < -0.4 is 10.6 Å². The highest BCUT2D eigenvalue weighted by molar-refractivity contribution is 5.88. The first-order valence-electron chi connectivity index (χ1n) is 7.55. The molecule has 118 valence electrons. The zero-order chi connectivity index (χ0) is 15.1. The predicted molar refractivity (Wildman–Crippen MR) is 81.5 cm³/mol. The van der Waals surface area contributed by atoms with Crippen LogP contribution in [0.5, 0.6) is 0 Å². The molecule has 1 saturated heterocycles. The van der Waals surface area contributed by atoms with Gasteiger partial charge in [-0.2, -0.15) is 5.10 Å². The SMILES string of the molecule is CC(C)n1nccc1NC(=O)NCCCN1CCOCC1. The molecule has 0 bridgehead atoms. The van der Waals surface area contributed by atoms with Crippen LogP contribution in [0.2, 0.25) is 0 Å². The number of morpholine rings is 1. The van der Waals surface area contributed by atoms with Gasteiger partial charge in [-0.3, -0.25) is 10.2 Å². The molecule has 1 aliphatic heterocycles. The molecule has 0 aromatic carbocycles. The summed E-state index contributed by atoms with van der Waals surface area (Å²) in [6, 6.07) is 1.84. The summed E-state index contributed by atoms with van der Waals surface area (Å²) in [5, 5.41) is 9.89. The van der Waals surface area contributed by atoms with Crippen LogP contribution in [0.1, 0.15) is 26.3 Å². The van der Waals surface area contributed by atoms with Gasteiger partial charge in [0, 0.05) is 31.7 Å². The Morgan fingerprint density at radius 3 is 2.90 bits per heavy atom. The maximum Gasteiger partial charge on any atom is 0.320 e. The second-order valence-corrected chi connectivity index (χ2v) is 5.44. The minimum atomic E-state index is -0.181. The summed E-state index contributed by atoms with van der Waals surface area (Å²) in [6.07, 6.45) is 2.63. The summed E-state index contributed by atoms with van der Waals surface area (Å²) in [6.45, 7) is 9.31. The molecule has 21 heavy (non-hydrogen) atoms. The molecule has 0 spiro atoms. The van der Waals surface area contributed by atoms with Gasteiger partial charge in [-0.15, -0.1) is 0 Å². The monoisotopic (exact) mass is 295 g/mol. The van der Waals surface area contributed by atoms with Crippen LogP contribution in [0, 0.1) is 0 Å². The van der Waals surface area contributed by atoms with E-state index < -0.39 is 0 Å². The van der Waals surface area contributed by atoms with E-state index in [1.807, 2.05) is 13.8 Å². The summed E-state index contributed by atoms with van der Waals surface area (Å²) in [4.78, 5) is 14.2. The average molecular weight is 295 g/mol. The van der Waals surface area contributed by atoms with Crippen molar-refractivity contribution in [1.82, 2.24) is 20.0 Å². The van der Waals surface area contributed by atoms with E-state index in [9.17, 15) is 4.79 Å². The van der Waals surface area contributed by atoms with Crippen molar-refractivity contribution < 1.29 is 9.53 Å². The van der Waals surface area contributed by atoms with Gasteiger partial charge in [0.2, 0.25) is 0 Å². The molecule has 0 saturated carbocycles. The average Bonchev–Trinajstić information content (AvgIpc) is 2.93. The summed E-state index contributed by atoms with van der Waals surface area (Å²) in [5.74, 6) is 0.718. The van der Waals surface area contributed by atoms with Crippen molar-refractivity contribution >= 4 is 11.8 Å². The van der Waals surface area contributed by atoms with E-state index in [4.69, 9.17) is 4.74 Å². The first-order chi connectivity index (χ1) is 10.2. The minimum absolute atomic E-state index is 0.181. The Morgan fingerprint density at radius 2 is 2.19 bits per heavy atom. The lowest BCUT2D eigenvalue weighted by Crippen LogP contribution is -2.38. The normalized spacial score (nSPS) is 16.1. The molecule has 1 aromatic heterocycles. The van der Waals surface area contributed by atoms with E-state index in [0.717, 1.165) is 45.1 Å². The highest BCUT2D eigenvalue weighted by atomic mass is 16.5. The second-order valence-electron chi connectivity index (χ2n) is 5.44. The molecule has 2 rings (SSSR count). The lowest BCUT2D eigenvalue weighted by atomic mass is 10.3. The van der Waals surface area contributed by atoms with Crippen LogP contribution in [-0.2, 0) is 4.74 Å². The quantitative estimate of drug-likeness (QED) is 0.776. The van der Waals surface area contributed by atoms with Gasteiger partial charge in [-0.05, 0) is 26.8 Å². The third-order valence-corrected chi connectivity index (χ3v) is 3.44. The number of carbonyl (C=O) groups is 1. The molecule has 2 N–H and O–H groups in total. The van der Waals surface area contributed by atoms with Gasteiger partial charge in [0.05, 0.1) is 19.4 Å². The Kier molecular flexibility index (Phi) is 6.01. The zero-order valence-corrected chi connectivity index (χ0v) is 12.8. The lowest BCUT2D eigenvalue weighted by molar-refractivity contribution is 0.0375. The van der Waals surface area contributed by atoms with Crippen molar-refractivity contribution in [2.75, 3.05) is 44.7 Å². The first-order valence-corrected chi connectivity index (χ1v) is 7.55. The highest BCUT2D eigenvalue weighted by Gasteiger charge is 2.11. The van der Waals surface area contributed by atoms with E-state index in [1.54, 1.807) is 16.9 Å². The fourth-order valence-corrected chi connectivity index (χ4v) is 2.31. The zero-order valence-electron chi connectivity index (χ0n) is 12.8. The number of amides is 2. The van der Waals surface area contributed by atoms with Gasteiger partial charge < -0.3 is 10.1 Å². The number of anilines is 1. The number of carbonyl (C=O) groups excluding carboxylic acids is 1. The minimum Gasteiger partial charge on any atom is -0.379 e. The molecule has 1 fully saturated rings. The topological polar surface area (TPSA) is 71.4 Å². The van der Waals surface area contributed by atoms with Crippen molar-refractivity contribution in [2.24, 2.45) is 0 Å². The van der Waals surface area contributed by atoms with Crippen LogP contribution in [-0.4, -0.2) is 60.1 Å². The van der Waals surface area contributed by atoms with Crippen molar-refractivity contribution in [3.05, 3.63) is 12.3 Å². The molecular weight excluding hydrogens is 270 g/mol. The molecule has 0 radical (unpaired) electrons. The number of aromatic nitrogens is 2. The summed E-state index contributed by atoms with van der Waals surface area (Å²) in [7, 11) is 0. The van der Waals surface area contributed by atoms with Crippen molar-refractivity contribution in [1.29, 1.82) is 0 Å². The Bertz CT molecular complexity index is 440. The maximum absolute atomic E-state index is 11.8. The molecular formula is C14H25N5O2. The van der Waals surface area contributed by atoms with Crippen molar-refractivity contribution in [3.63, 3.8) is 0 Å². The third kappa shape index (κ3) is 5.02. The number of nitrogens with zero attached hydrogens (tertiary/aromatic N) is 3. The van der Waals surface area contributed by atoms with E-state index >= 15 is 0 Å². The first kappa shape index (κ1) is 15.8. The van der Waals surface area contributed by atoms with Crippen LogP contribution in [0.25, 0.3) is 0 Å². The molecule has 2 heterocycles. The summed E-state index contributed by atoms with van der Waals surface area (Å²) < 4.78 is 7.09. The van der Waals surface area contributed by atoms with Crippen LogP contribution in [0.4, 0.5) is 10.6 Å². The van der Waals surface area contributed by atoms with Gasteiger partial charge in [0.15, 0.2) is 0 Å². The number of nitrogens with one attached hydrogen (secondary N) is 2. The number of ether oxygens (including phenoxy) is 1. The maximum atomic E-state index is 11.8. The van der Waals surface area contributed by atoms with Crippen LogP contribution >= 0.6 is 0 Å². The van der Waals surface area contributed by atoms with Gasteiger partial charge in [-0.1, -0.05) is 0 Å². The largest absolute Gasteiger partial charge is 0.379 e. The van der Waals surface area contributed by atoms with E-state index in [1.165, 1.54) is 0 Å². The molecule has 1 aromatic rings. The molecule has 0 atom stereocenters. The fraction of sp³-hybridized carbons (Fsp3) is 0.714. The molecule has 7 heteroatoms. The van der Waals surface area contributed by atoms with E-state index in [2.05, 4.69) is 20.6 Å².